The molecule has 0 fully saturated rings. The Morgan fingerprint density at radius 3 is 1.84 bits per heavy atom. The molecule has 24 nitrogen and oxygen atoms in total. The minimum Gasteiger partial charge on any atom is -0.507 e. The molecule has 5 aromatic carbocycles. The highest BCUT2D eigenvalue weighted by Gasteiger charge is 2.28. The third kappa shape index (κ3) is 8.72. The van der Waals surface area contributed by atoms with Crippen LogP contribution in [0.2, 0.25) is 0 Å². The van der Waals surface area contributed by atoms with E-state index in [1.807, 2.05) is 0 Å². The second kappa shape index (κ2) is 15.3. The zero-order chi connectivity index (χ0) is 41.5. The van der Waals surface area contributed by atoms with Crippen molar-refractivity contribution in [2.45, 2.75) is 26.5 Å². The maximum absolute atomic E-state index is 12.4. The normalized spacial score (nSPS) is 13.0. The summed E-state index contributed by atoms with van der Waals surface area (Å²) in [4.78, 5) is -3.95. The maximum atomic E-state index is 12.4. The highest BCUT2D eigenvalue weighted by Crippen LogP contribution is 2.47. The van der Waals surface area contributed by atoms with Crippen molar-refractivity contribution in [1.82, 2.24) is 0 Å². The summed E-state index contributed by atoms with van der Waals surface area (Å²) < 4.78 is 145. The Morgan fingerprint density at radius 1 is 0.661 bits per heavy atom. The smallest absolute Gasteiger partial charge is 0.297 e. The fourth-order valence-corrected chi connectivity index (χ4v) is 7.82. The summed E-state index contributed by atoms with van der Waals surface area (Å²) in [5.41, 5.74) is 4.81. The molecule has 5 aromatic rings. The molecule has 56 heavy (non-hydrogen) atoms. The van der Waals surface area contributed by atoms with Gasteiger partial charge in [-0.25, -0.2) is 10.8 Å². The van der Waals surface area contributed by atoms with Crippen LogP contribution in [-0.4, -0.2) is 67.4 Å². The fraction of sp³-hybridized carbons (Fsp3) is 0.0370. The van der Waals surface area contributed by atoms with E-state index in [2.05, 4.69) is 34.9 Å². The van der Waals surface area contributed by atoms with Gasteiger partial charge in [0.1, 0.15) is 32.6 Å². The zero-order valence-corrected chi connectivity index (χ0v) is 31.2. The van der Waals surface area contributed by atoms with Gasteiger partial charge >= 0.3 is 0 Å². The molecule has 0 atom stereocenters. The van der Waals surface area contributed by atoms with Crippen LogP contribution in [0, 0.1) is 12.5 Å². The molecule has 0 aromatic heterocycles. The minimum atomic E-state index is -5.36. The van der Waals surface area contributed by atoms with E-state index in [9.17, 15) is 62.1 Å². The van der Waals surface area contributed by atoms with Crippen molar-refractivity contribution in [2.24, 2.45) is 25.6 Å². The van der Waals surface area contributed by atoms with Crippen molar-refractivity contribution < 1.29 is 80.9 Å². The summed E-state index contributed by atoms with van der Waals surface area (Å²) in [6, 6.07) is 7.62. The highest BCUT2D eigenvalue weighted by molar-refractivity contribution is 7.90. The Labute approximate surface area is 317 Å². The monoisotopic (exact) mass is 876 g/mol. The molecule has 0 aliphatic carbocycles. The number of phenols is 2. The van der Waals surface area contributed by atoms with Crippen LogP contribution in [0.25, 0.3) is 21.5 Å². The largest absolute Gasteiger partial charge is 0.507 e. The first kappa shape index (κ1) is 41.8. The second-order valence-corrected chi connectivity index (χ2v) is 16.9. The number of fused-ring (bicyclic) bond motifs is 2. The van der Waals surface area contributed by atoms with Crippen molar-refractivity contribution in [1.29, 1.82) is 5.53 Å². The number of hydrogen-bond donors (Lipinski definition) is 8. The molecule has 0 aliphatic rings. The third-order valence-corrected chi connectivity index (χ3v) is 11.2. The molecule has 8 N–H and O–H groups in total. The summed E-state index contributed by atoms with van der Waals surface area (Å²) in [7, 11) is -20.4. The lowest BCUT2D eigenvalue weighted by Gasteiger charge is -2.12. The Kier molecular flexibility index (Phi) is 11.4. The second-order valence-electron chi connectivity index (χ2n) is 10.9. The van der Waals surface area contributed by atoms with E-state index in [-0.39, 0.29) is 40.0 Å². The molecule has 0 radical (unpaired) electrons. The van der Waals surface area contributed by atoms with Gasteiger partial charge in [-0.1, -0.05) is 9.37 Å². The van der Waals surface area contributed by atoms with Crippen LogP contribution in [0.5, 0.6) is 17.2 Å². The first-order valence-electron chi connectivity index (χ1n) is 14.2. The van der Waals surface area contributed by atoms with Crippen LogP contribution >= 0.6 is 12.3 Å². The Morgan fingerprint density at radius 2 is 1.27 bits per heavy atom. The molecule has 0 saturated heterocycles. The minimum absolute atomic E-state index is 0.0305. The zero-order valence-electron chi connectivity index (χ0n) is 27.1. The molecule has 0 bridgehead atoms. The first-order valence-corrected chi connectivity index (χ1v) is 20.6. The topological polar surface area (TPSA) is 392 Å². The van der Waals surface area contributed by atoms with Crippen molar-refractivity contribution in [2.75, 3.05) is 0 Å². The molecule has 0 spiro atoms. The predicted molar refractivity (Wildman–Crippen MR) is 188 cm³/mol. The molecule has 0 aliphatic heterocycles. The number of azo groups is 2. The van der Waals surface area contributed by atoms with Gasteiger partial charge in [0.25, 0.3) is 52.8 Å². The lowest BCUT2D eigenvalue weighted by atomic mass is 10.1. The van der Waals surface area contributed by atoms with Gasteiger partial charge in [0.05, 0.1) is 26.6 Å². The molecule has 29 heteroatoms. The van der Waals surface area contributed by atoms with Gasteiger partial charge in [-0.05, 0) is 60.3 Å². The van der Waals surface area contributed by atoms with Gasteiger partial charge in [-0.3, -0.25) is 18.2 Å². The predicted octanol–water partition coefficient (Wildman–Crippen LogP) is 6.56. The quantitative estimate of drug-likeness (QED) is 0.0155. The number of hydrogen-bond acceptors (Lipinski definition) is 21. The number of nitrogens with zero attached hydrogens (tertiary/aromatic N) is 5. The number of rotatable bonds is 13. The SMILES string of the molecule is Cc1cc(N=Nc2c(S(=O)(=O)O)cc3c(S(=O)(=O)O)c(N=N)ccc3c2O)c(OSOOO)cc1N=Nc1cc(S(=O)(=O)O)cc2cc(S(=O)(=O)O)cc(O)c12. The number of phenolic OH excluding ortho intramolecular Hbond substituents is 2. The summed E-state index contributed by atoms with van der Waals surface area (Å²) in [6.45, 7) is 1.39. The Bertz CT molecular complexity index is 2990. The molecule has 5 rings (SSSR count). The van der Waals surface area contributed by atoms with E-state index in [0.29, 0.717) is 12.1 Å². The number of nitrogens with one attached hydrogen (secondary N) is 1. The van der Waals surface area contributed by atoms with E-state index in [1.165, 1.54) is 6.92 Å². The molecule has 0 saturated carbocycles. The molecule has 296 valence electrons. The summed E-state index contributed by atoms with van der Waals surface area (Å²) in [6.07, 6.45) is 0. The van der Waals surface area contributed by atoms with Crippen molar-refractivity contribution in [3.63, 3.8) is 0 Å². The van der Waals surface area contributed by atoms with Gasteiger partial charge in [0, 0.05) is 22.9 Å². The molecule has 0 heterocycles. The van der Waals surface area contributed by atoms with Crippen LogP contribution in [0.4, 0.5) is 28.4 Å². The summed E-state index contributed by atoms with van der Waals surface area (Å²) in [5.74, 6) is -2.29. The summed E-state index contributed by atoms with van der Waals surface area (Å²) >= 11 is -0.0305. The number of aryl methyl sites for hydroxylation is 1. The fourth-order valence-electron chi connectivity index (χ4n) is 5.02. The molecule has 0 unspecified atom stereocenters. The number of benzene rings is 5. The third-order valence-electron chi connectivity index (χ3n) is 7.35. The highest BCUT2D eigenvalue weighted by atomic mass is 32.2. The first-order chi connectivity index (χ1) is 25.9. The Hall–Kier alpha value is -5.31. The average Bonchev–Trinajstić information content (AvgIpc) is 3.08. The Balaban J connectivity index is 1.69. The van der Waals surface area contributed by atoms with Crippen molar-refractivity contribution >= 4 is 103 Å². The van der Waals surface area contributed by atoms with E-state index in [0.717, 1.165) is 42.5 Å². The lowest BCUT2D eigenvalue weighted by molar-refractivity contribution is -0.433. The van der Waals surface area contributed by atoms with Crippen LogP contribution in [0.15, 0.2) is 99.8 Å². The van der Waals surface area contributed by atoms with Crippen LogP contribution < -0.4 is 4.18 Å². The maximum Gasteiger partial charge on any atom is 0.297 e. The standard InChI is InChI=1S/C27H20N6O18S5/c1-11-4-19(31-33-25-23(55(43,44)45)9-16-15(26(25)35)2-3-17(29-28)27(16)56(46,47)48)22(49-52-51-50-36)10-18(11)30-32-20-7-13(53(37,38)39)5-12-6-14(54(40,41)42)8-21(34)24(12)20/h2-10,28,34-36H,1H3,(H,37,38,39)(H,40,41,42)(H,43,44,45)(H,46,47,48). The molecule has 0 amide bonds. The van der Waals surface area contributed by atoms with E-state index < -0.39 is 105 Å². The van der Waals surface area contributed by atoms with E-state index in [4.69, 9.17) is 15.0 Å². The van der Waals surface area contributed by atoms with Crippen LogP contribution in [0.1, 0.15) is 5.56 Å². The van der Waals surface area contributed by atoms with Crippen molar-refractivity contribution in [3.8, 4) is 17.2 Å². The van der Waals surface area contributed by atoms with E-state index in [1.54, 1.807) is 0 Å². The van der Waals surface area contributed by atoms with Gasteiger partial charge in [-0.2, -0.15) is 43.9 Å². The number of aromatic hydroxyl groups is 2. The van der Waals surface area contributed by atoms with Gasteiger partial charge < -0.3 is 14.4 Å². The molecular weight excluding hydrogens is 857 g/mol. The van der Waals surface area contributed by atoms with Gasteiger partial charge in [-0.15, -0.1) is 15.3 Å². The van der Waals surface area contributed by atoms with Crippen LogP contribution in [0.3, 0.4) is 0 Å². The average molecular weight is 877 g/mol. The van der Waals surface area contributed by atoms with E-state index >= 15 is 0 Å². The van der Waals surface area contributed by atoms with Gasteiger partial charge in [0.15, 0.2) is 11.5 Å². The summed E-state index contributed by atoms with van der Waals surface area (Å²) in [5, 5.41) is 50.4. The lowest BCUT2D eigenvalue weighted by Crippen LogP contribution is -2.03. The van der Waals surface area contributed by atoms with Gasteiger partial charge in [0.2, 0.25) is 0 Å². The van der Waals surface area contributed by atoms with Crippen LogP contribution in [-0.2, 0) is 49.8 Å². The molecular formula is C27H20N6O18S5. The van der Waals surface area contributed by atoms with Crippen molar-refractivity contribution in [3.05, 3.63) is 60.2 Å².